The zero-order valence-electron chi connectivity index (χ0n) is 19.3. The largest absolute Gasteiger partial charge is 0.327 e. The molecule has 2 aromatic rings. The molecule has 2 heteroatoms. The molecule has 0 aromatic heterocycles. The van der Waals surface area contributed by atoms with Crippen LogP contribution in [0.4, 0.5) is 0 Å². The maximum absolute atomic E-state index is 2.34. The lowest BCUT2D eigenvalue weighted by Crippen LogP contribution is -2.33. The predicted octanol–water partition coefficient (Wildman–Crippen LogP) is 5.30. The highest BCUT2D eigenvalue weighted by Crippen LogP contribution is 2.20. The first-order valence-corrected chi connectivity index (χ1v) is 10.8. The Balaban J connectivity index is 1.87. The highest BCUT2D eigenvalue weighted by atomic mass is 15.3. The van der Waals surface area contributed by atoms with Crippen molar-refractivity contribution in [3.63, 3.8) is 0 Å². The Labute approximate surface area is 174 Å². The van der Waals surface area contributed by atoms with Gasteiger partial charge in [-0.15, -0.1) is 0 Å². The third kappa shape index (κ3) is 8.58. The van der Waals surface area contributed by atoms with Crippen molar-refractivity contribution in [2.75, 3.05) is 42.3 Å². The molecule has 0 radical (unpaired) electrons. The summed E-state index contributed by atoms with van der Waals surface area (Å²) in [6.07, 6.45) is 4.90. The van der Waals surface area contributed by atoms with Gasteiger partial charge in [-0.1, -0.05) is 61.9 Å². The van der Waals surface area contributed by atoms with Gasteiger partial charge in [0, 0.05) is 11.1 Å². The van der Waals surface area contributed by atoms with E-state index in [1.54, 1.807) is 0 Å². The van der Waals surface area contributed by atoms with Crippen LogP contribution in [0.15, 0.2) is 48.5 Å². The molecule has 2 nitrogen and oxygen atoms in total. The van der Waals surface area contributed by atoms with Gasteiger partial charge in [-0.3, -0.25) is 0 Å². The van der Waals surface area contributed by atoms with E-state index in [0.29, 0.717) is 0 Å². The molecule has 0 fully saturated rings. The van der Waals surface area contributed by atoms with Gasteiger partial charge in [0.25, 0.3) is 0 Å². The molecule has 2 rings (SSSR count). The minimum Gasteiger partial charge on any atom is -0.327 e. The van der Waals surface area contributed by atoms with Gasteiger partial charge in [0.15, 0.2) is 0 Å². The Hall–Kier alpha value is -1.64. The highest BCUT2D eigenvalue weighted by molar-refractivity contribution is 5.23. The van der Waals surface area contributed by atoms with Gasteiger partial charge in [0.05, 0.1) is 42.3 Å². The molecule has 0 saturated heterocycles. The number of hydrogen-bond donors (Lipinski definition) is 0. The van der Waals surface area contributed by atoms with Crippen molar-refractivity contribution >= 4 is 0 Å². The summed E-state index contributed by atoms with van der Waals surface area (Å²) in [6.45, 7) is 4.50. The van der Waals surface area contributed by atoms with E-state index in [2.05, 4.69) is 97.7 Å². The van der Waals surface area contributed by atoms with Crippen LogP contribution in [0, 0.1) is 5.92 Å². The zero-order chi connectivity index (χ0) is 20.8. The minimum absolute atomic E-state index is 0.759. The number of rotatable bonds is 10. The number of benzene rings is 2. The summed E-state index contributed by atoms with van der Waals surface area (Å²) in [6, 6.07) is 18.6. The zero-order valence-corrected chi connectivity index (χ0v) is 19.3. The summed E-state index contributed by atoms with van der Waals surface area (Å²) < 4.78 is 1.95. The Morgan fingerprint density at radius 2 is 1.00 bits per heavy atom. The Bertz CT molecular complexity index is 700. The molecule has 0 spiro atoms. The van der Waals surface area contributed by atoms with E-state index in [4.69, 9.17) is 0 Å². The van der Waals surface area contributed by atoms with Crippen molar-refractivity contribution in [1.29, 1.82) is 0 Å². The fourth-order valence-electron chi connectivity index (χ4n) is 3.84. The van der Waals surface area contributed by atoms with Crippen molar-refractivity contribution in [1.82, 2.24) is 0 Å². The standard InChI is InChI=1S/C26H42N2/c1-8-22(19-24-13-17-26(18-14-24)21-28(5,6)7)9-10-23-11-15-25(16-12-23)20-27(2,3)4/h11-18,22H,8-10,19-21H2,1-7H3/q+2. The average molecular weight is 383 g/mol. The summed E-state index contributed by atoms with van der Waals surface area (Å²) in [5, 5.41) is 0. The summed E-state index contributed by atoms with van der Waals surface area (Å²) >= 11 is 0. The van der Waals surface area contributed by atoms with Crippen molar-refractivity contribution in [2.24, 2.45) is 5.92 Å². The van der Waals surface area contributed by atoms with Crippen molar-refractivity contribution < 1.29 is 8.97 Å². The number of aryl methyl sites for hydroxylation is 1. The molecule has 154 valence electrons. The first-order chi connectivity index (χ1) is 13.0. The van der Waals surface area contributed by atoms with Gasteiger partial charge in [0.1, 0.15) is 13.1 Å². The molecule has 0 saturated carbocycles. The second-order valence-corrected chi connectivity index (χ2v) is 10.5. The number of nitrogens with zero attached hydrogens (tertiary/aromatic N) is 2. The molecule has 1 atom stereocenters. The topological polar surface area (TPSA) is 0 Å². The first kappa shape index (κ1) is 22.6. The van der Waals surface area contributed by atoms with Gasteiger partial charge >= 0.3 is 0 Å². The monoisotopic (exact) mass is 382 g/mol. The van der Waals surface area contributed by atoms with Crippen LogP contribution < -0.4 is 0 Å². The molecule has 0 bridgehead atoms. The molecule has 1 unspecified atom stereocenters. The summed E-state index contributed by atoms with van der Waals surface area (Å²) in [5.74, 6) is 0.759. The minimum atomic E-state index is 0.759. The summed E-state index contributed by atoms with van der Waals surface area (Å²) in [7, 11) is 13.5. The Morgan fingerprint density at radius 1 is 0.607 bits per heavy atom. The molecule has 0 N–H and O–H groups in total. The molecular formula is C26H42N2+2. The molecule has 0 aliphatic heterocycles. The maximum Gasteiger partial charge on any atom is 0.104 e. The van der Waals surface area contributed by atoms with Crippen LogP contribution >= 0.6 is 0 Å². The van der Waals surface area contributed by atoms with Crippen LogP contribution in [0.1, 0.15) is 42.0 Å². The first-order valence-electron chi connectivity index (χ1n) is 10.8. The van der Waals surface area contributed by atoms with Gasteiger partial charge in [0.2, 0.25) is 0 Å². The number of quaternary nitrogens is 2. The third-order valence-corrected chi connectivity index (χ3v) is 5.30. The molecule has 0 aliphatic rings. The van der Waals surface area contributed by atoms with Crippen LogP contribution in [0.2, 0.25) is 0 Å². The van der Waals surface area contributed by atoms with Crippen LogP contribution in [0.3, 0.4) is 0 Å². The summed E-state index contributed by atoms with van der Waals surface area (Å²) in [4.78, 5) is 0. The second kappa shape index (κ2) is 9.71. The van der Waals surface area contributed by atoms with Crippen LogP contribution in [0.25, 0.3) is 0 Å². The van der Waals surface area contributed by atoms with E-state index in [1.165, 1.54) is 47.9 Å². The maximum atomic E-state index is 2.34. The van der Waals surface area contributed by atoms with Gasteiger partial charge in [-0.25, -0.2) is 0 Å². The molecule has 28 heavy (non-hydrogen) atoms. The second-order valence-electron chi connectivity index (χ2n) is 10.5. The van der Waals surface area contributed by atoms with Crippen molar-refractivity contribution in [3.05, 3.63) is 70.8 Å². The normalized spacial score (nSPS) is 13.5. The Morgan fingerprint density at radius 3 is 1.39 bits per heavy atom. The van der Waals surface area contributed by atoms with Crippen LogP contribution in [0.5, 0.6) is 0 Å². The van der Waals surface area contributed by atoms with Gasteiger partial charge in [-0.2, -0.15) is 0 Å². The Kier molecular flexibility index (Phi) is 7.86. The lowest BCUT2D eigenvalue weighted by atomic mass is 9.90. The van der Waals surface area contributed by atoms with E-state index >= 15 is 0 Å². The smallest absolute Gasteiger partial charge is 0.104 e. The van der Waals surface area contributed by atoms with Crippen molar-refractivity contribution in [2.45, 2.75) is 45.7 Å². The highest BCUT2D eigenvalue weighted by Gasteiger charge is 2.12. The van der Waals surface area contributed by atoms with E-state index in [-0.39, 0.29) is 0 Å². The lowest BCUT2D eigenvalue weighted by Gasteiger charge is -2.24. The van der Waals surface area contributed by atoms with E-state index < -0.39 is 0 Å². The summed E-state index contributed by atoms with van der Waals surface area (Å²) in [5.41, 5.74) is 5.81. The molecule has 2 aromatic carbocycles. The molecule has 0 heterocycles. The predicted molar refractivity (Wildman–Crippen MR) is 122 cm³/mol. The fourth-order valence-corrected chi connectivity index (χ4v) is 3.84. The fraction of sp³-hybridized carbons (Fsp3) is 0.538. The van der Waals surface area contributed by atoms with E-state index in [1.807, 2.05) is 0 Å². The van der Waals surface area contributed by atoms with Gasteiger partial charge in [-0.05, 0) is 36.3 Å². The van der Waals surface area contributed by atoms with Crippen LogP contribution in [-0.2, 0) is 25.9 Å². The van der Waals surface area contributed by atoms with E-state index in [0.717, 1.165) is 28.0 Å². The number of hydrogen-bond acceptors (Lipinski definition) is 0. The van der Waals surface area contributed by atoms with Crippen molar-refractivity contribution in [3.8, 4) is 0 Å². The molecule has 0 aliphatic carbocycles. The lowest BCUT2D eigenvalue weighted by molar-refractivity contribution is -0.884. The third-order valence-electron chi connectivity index (χ3n) is 5.30. The quantitative estimate of drug-likeness (QED) is 0.489. The van der Waals surface area contributed by atoms with E-state index in [9.17, 15) is 0 Å². The van der Waals surface area contributed by atoms with Gasteiger partial charge < -0.3 is 8.97 Å². The average Bonchev–Trinajstić information content (AvgIpc) is 2.59. The molecule has 0 amide bonds. The van der Waals surface area contributed by atoms with Crippen LogP contribution in [-0.4, -0.2) is 51.3 Å². The SMILES string of the molecule is CCC(CCc1ccc(C[N+](C)(C)C)cc1)Cc1ccc(C[N+](C)(C)C)cc1. The molecular weight excluding hydrogens is 340 g/mol.